The third-order valence-electron chi connectivity index (χ3n) is 3.40. The van der Waals surface area contributed by atoms with Crippen LogP contribution in [0, 0.1) is 5.92 Å². The maximum atomic E-state index is 11.7. The molecule has 0 aliphatic carbocycles. The molecular formula is C13H27N3O2. The Hall–Kier alpha value is -0.650. The topological polar surface area (TPSA) is 58.8 Å². The third-order valence-corrected chi connectivity index (χ3v) is 3.40. The van der Waals surface area contributed by atoms with E-state index < -0.39 is 5.54 Å². The number of likely N-dealkylation sites (N-methyl/N-ethyl adjacent to an activating group) is 1. The zero-order valence-electron chi connectivity index (χ0n) is 12.1. The number of hydrogen-bond acceptors (Lipinski definition) is 5. The Morgan fingerprint density at radius 3 is 2.78 bits per heavy atom. The van der Waals surface area contributed by atoms with E-state index in [-0.39, 0.29) is 5.97 Å². The first kappa shape index (κ1) is 15.4. The SMILES string of the molecule is CCOC(=O)C(C)(N)CN(C)CC1CCN(C)C1. The number of nitrogens with zero attached hydrogens (tertiary/aromatic N) is 2. The number of hydrogen-bond donors (Lipinski definition) is 1. The largest absolute Gasteiger partial charge is 0.465 e. The molecule has 5 nitrogen and oxygen atoms in total. The Kier molecular flexibility index (Phi) is 5.56. The molecule has 18 heavy (non-hydrogen) atoms. The Labute approximate surface area is 110 Å². The van der Waals surface area contributed by atoms with Gasteiger partial charge in [-0.25, -0.2) is 0 Å². The van der Waals surface area contributed by atoms with E-state index in [2.05, 4.69) is 16.8 Å². The molecule has 1 fully saturated rings. The molecular weight excluding hydrogens is 230 g/mol. The summed E-state index contributed by atoms with van der Waals surface area (Å²) in [6, 6.07) is 0. The first-order valence-electron chi connectivity index (χ1n) is 6.68. The summed E-state index contributed by atoms with van der Waals surface area (Å²) in [5.41, 5.74) is 5.10. The van der Waals surface area contributed by atoms with Crippen LogP contribution in [-0.2, 0) is 9.53 Å². The van der Waals surface area contributed by atoms with Crippen LogP contribution in [0.1, 0.15) is 20.3 Å². The van der Waals surface area contributed by atoms with Crippen molar-refractivity contribution in [3.05, 3.63) is 0 Å². The van der Waals surface area contributed by atoms with Crippen molar-refractivity contribution in [3.63, 3.8) is 0 Å². The second-order valence-corrected chi connectivity index (χ2v) is 5.75. The van der Waals surface area contributed by atoms with Crippen LogP contribution in [0.5, 0.6) is 0 Å². The van der Waals surface area contributed by atoms with Crippen LogP contribution in [0.25, 0.3) is 0 Å². The van der Waals surface area contributed by atoms with E-state index in [0.717, 1.165) is 19.6 Å². The summed E-state index contributed by atoms with van der Waals surface area (Å²) < 4.78 is 5.00. The average Bonchev–Trinajstić information content (AvgIpc) is 2.63. The Balaban J connectivity index is 2.38. The number of carbonyl (C=O) groups excluding carboxylic acids is 1. The lowest BCUT2D eigenvalue weighted by atomic mass is 10.0. The second kappa shape index (κ2) is 6.50. The summed E-state index contributed by atoms with van der Waals surface area (Å²) in [5.74, 6) is 0.360. The Morgan fingerprint density at radius 2 is 2.28 bits per heavy atom. The number of carbonyl (C=O) groups is 1. The second-order valence-electron chi connectivity index (χ2n) is 5.75. The molecule has 1 heterocycles. The van der Waals surface area contributed by atoms with E-state index >= 15 is 0 Å². The molecule has 1 aliphatic rings. The van der Waals surface area contributed by atoms with Crippen molar-refractivity contribution in [1.82, 2.24) is 9.80 Å². The summed E-state index contributed by atoms with van der Waals surface area (Å²) in [6.45, 7) is 7.72. The number of esters is 1. The highest BCUT2D eigenvalue weighted by Crippen LogP contribution is 2.16. The van der Waals surface area contributed by atoms with Gasteiger partial charge in [-0.05, 0) is 46.8 Å². The minimum absolute atomic E-state index is 0.319. The first-order valence-corrected chi connectivity index (χ1v) is 6.68. The van der Waals surface area contributed by atoms with Crippen molar-refractivity contribution in [2.75, 3.05) is 46.9 Å². The van der Waals surface area contributed by atoms with Gasteiger partial charge in [0, 0.05) is 19.6 Å². The number of nitrogens with two attached hydrogens (primary N) is 1. The normalized spacial score (nSPS) is 24.2. The summed E-state index contributed by atoms with van der Waals surface area (Å²) in [4.78, 5) is 16.2. The molecule has 0 radical (unpaired) electrons. The lowest BCUT2D eigenvalue weighted by Crippen LogP contribution is -2.54. The zero-order valence-corrected chi connectivity index (χ0v) is 12.1. The zero-order chi connectivity index (χ0) is 13.8. The number of likely N-dealkylation sites (tertiary alicyclic amines) is 1. The molecule has 0 spiro atoms. The predicted molar refractivity (Wildman–Crippen MR) is 72.3 cm³/mol. The summed E-state index contributed by atoms with van der Waals surface area (Å²) in [7, 11) is 4.16. The molecule has 0 bridgehead atoms. The maximum Gasteiger partial charge on any atom is 0.327 e. The molecule has 0 aromatic rings. The van der Waals surface area contributed by atoms with Crippen LogP contribution in [0.15, 0.2) is 0 Å². The van der Waals surface area contributed by atoms with Gasteiger partial charge in [-0.1, -0.05) is 0 Å². The molecule has 106 valence electrons. The van der Waals surface area contributed by atoms with Crippen molar-refractivity contribution in [2.24, 2.45) is 11.7 Å². The maximum absolute atomic E-state index is 11.7. The van der Waals surface area contributed by atoms with Crippen molar-refractivity contribution < 1.29 is 9.53 Å². The van der Waals surface area contributed by atoms with Gasteiger partial charge >= 0.3 is 5.97 Å². The van der Waals surface area contributed by atoms with Crippen LogP contribution in [0.2, 0.25) is 0 Å². The van der Waals surface area contributed by atoms with Crippen LogP contribution in [-0.4, -0.2) is 68.2 Å². The van der Waals surface area contributed by atoms with Gasteiger partial charge in [-0.2, -0.15) is 0 Å². The number of rotatable bonds is 6. The van der Waals surface area contributed by atoms with E-state index in [1.807, 2.05) is 7.05 Å². The van der Waals surface area contributed by atoms with E-state index in [0.29, 0.717) is 19.1 Å². The minimum atomic E-state index is -0.921. The molecule has 1 rings (SSSR count). The molecule has 2 atom stereocenters. The smallest absolute Gasteiger partial charge is 0.327 e. The van der Waals surface area contributed by atoms with Gasteiger partial charge < -0.3 is 20.3 Å². The lowest BCUT2D eigenvalue weighted by Gasteiger charge is -2.29. The fourth-order valence-electron chi connectivity index (χ4n) is 2.60. The highest BCUT2D eigenvalue weighted by Gasteiger charge is 2.32. The van der Waals surface area contributed by atoms with Gasteiger partial charge in [-0.3, -0.25) is 4.79 Å². The summed E-state index contributed by atoms with van der Waals surface area (Å²) in [5, 5.41) is 0. The monoisotopic (exact) mass is 257 g/mol. The lowest BCUT2D eigenvalue weighted by molar-refractivity contribution is -0.149. The van der Waals surface area contributed by atoms with Gasteiger partial charge in [0.25, 0.3) is 0 Å². The van der Waals surface area contributed by atoms with Crippen LogP contribution < -0.4 is 5.73 Å². The highest BCUT2D eigenvalue weighted by atomic mass is 16.5. The standard InChI is InChI=1S/C13H27N3O2/c1-5-18-12(17)13(2,14)10-16(4)9-11-6-7-15(3)8-11/h11H,5-10,14H2,1-4H3. The first-order chi connectivity index (χ1) is 8.35. The van der Waals surface area contributed by atoms with Crippen molar-refractivity contribution in [1.29, 1.82) is 0 Å². The molecule has 2 unspecified atom stereocenters. The molecule has 0 aromatic heterocycles. The van der Waals surface area contributed by atoms with Crippen LogP contribution >= 0.6 is 0 Å². The molecule has 5 heteroatoms. The molecule has 0 aromatic carbocycles. The van der Waals surface area contributed by atoms with Crippen molar-refractivity contribution in [3.8, 4) is 0 Å². The van der Waals surface area contributed by atoms with Crippen molar-refractivity contribution in [2.45, 2.75) is 25.8 Å². The summed E-state index contributed by atoms with van der Waals surface area (Å²) >= 11 is 0. The van der Waals surface area contributed by atoms with Crippen molar-refractivity contribution >= 4 is 5.97 Å². The van der Waals surface area contributed by atoms with Gasteiger partial charge in [0.05, 0.1) is 6.61 Å². The van der Waals surface area contributed by atoms with Gasteiger partial charge in [0.15, 0.2) is 0 Å². The molecule has 1 saturated heterocycles. The third kappa shape index (κ3) is 4.55. The van der Waals surface area contributed by atoms with E-state index in [1.165, 1.54) is 6.42 Å². The summed E-state index contributed by atoms with van der Waals surface area (Å²) in [6.07, 6.45) is 1.22. The van der Waals surface area contributed by atoms with E-state index in [1.54, 1.807) is 13.8 Å². The van der Waals surface area contributed by atoms with E-state index in [4.69, 9.17) is 10.5 Å². The quantitative estimate of drug-likeness (QED) is 0.686. The van der Waals surface area contributed by atoms with Gasteiger partial charge in [0.2, 0.25) is 0 Å². The highest BCUT2D eigenvalue weighted by molar-refractivity contribution is 5.80. The Morgan fingerprint density at radius 1 is 1.61 bits per heavy atom. The van der Waals surface area contributed by atoms with Gasteiger partial charge in [-0.15, -0.1) is 0 Å². The fourth-order valence-corrected chi connectivity index (χ4v) is 2.60. The molecule has 0 saturated carbocycles. The van der Waals surface area contributed by atoms with Crippen LogP contribution in [0.4, 0.5) is 0 Å². The average molecular weight is 257 g/mol. The number of ether oxygens (including phenoxy) is 1. The predicted octanol–water partition coefficient (Wildman–Crippen LogP) is 0.150. The molecule has 2 N–H and O–H groups in total. The minimum Gasteiger partial charge on any atom is -0.465 e. The van der Waals surface area contributed by atoms with E-state index in [9.17, 15) is 4.79 Å². The van der Waals surface area contributed by atoms with Gasteiger partial charge in [0.1, 0.15) is 5.54 Å². The molecule has 0 amide bonds. The van der Waals surface area contributed by atoms with Crippen LogP contribution in [0.3, 0.4) is 0 Å². The Bertz CT molecular complexity index is 281. The fraction of sp³-hybridized carbons (Fsp3) is 0.923. The molecule has 1 aliphatic heterocycles.